The smallest absolute Gasteiger partial charge is 0.0541 e. The van der Waals surface area contributed by atoms with E-state index in [4.69, 9.17) is 0 Å². The third kappa shape index (κ3) is 3.74. The second-order valence-electron chi connectivity index (χ2n) is 10.4. The highest BCUT2D eigenvalue weighted by Crippen LogP contribution is 2.38. The number of hydrogen-bond donors (Lipinski definition) is 0. The van der Waals surface area contributed by atoms with E-state index in [0.717, 1.165) is 23.2 Å². The molecule has 0 unspecified atom stereocenters. The van der Waals surface area contributed by atoms with E-state index >= 15 is 0 Å². The van der Waals surface area contributed by atoms with Gasteiger partial charge in [-0.25, -0.2) is 0 Å². The van der Waals surface area contributed by atoms with Crippen molar-refractivity contribution in [2.75, 3.05) is 0 Å². The van der Waals surface area contributed by atoms with Gasteiger partial charge in [-0.15, -0.1) is 0 Å². The summed E-state index contributed by atoms with van der Waals surface area (Å²) in [5.74, 6) is 6.70. The molecule has 0 N–H and O–H groups in total. The van der Waals surface area contributed by atoms with E-state index < -0.39 is 0 Å². The first-order valence-corrected chi connectivity index (χ1v) is 13.7. The molecule has 1 heteroatoms. The van der Waals surface area contributed by atoms with Crippen molar-refractivity contribution in [1.29, 1.82) is 0 Å². The zero-order valence-electron chi connectivity index (χ0n) is 21.9. The molecule has 7 aromatic rings. The topological polar surface area (TPSA) is 4.93 Å². The molecule has 186 valence electrons. The van der Waals surface area contributed by atoms with E-state index in [1.54, 1.807) is 0 Å². The normalized spacial score (nSPS) is 11.7. The van der Waals surface area contributed by atoms with Gasteiger partial charge in [0.1, 0.15) is 0 Å². The van der Waals surface area contributed by atoms with Crippen LogP contribution in [0.25, 0.3) is 49.7 Å². The lowest BCUT2D eigenvalue weighted by Gasteiger charge is -2.07. The van der Waals surface area contributed by atoms with E-state index in [0.29, 0.717) is 0 Å². The average Bonchev–Trinajstić information content (AvgIpc) is 3.56. The number of nitrogens with zero attached hydrogens (tertiary/aromatic N) is 1. The highest BCUT2D eigenvalue weighted by atomic mass is 15.0. The molecule has 1 aliphatic rings. The Balaban J connectivity index is 1.05. The monoisotopic (exact) mass is 507 g/mol. The van der Waals surface area contributed by atoms with Gasteiger partial charge in [0.05, 0.1) is 11.0 Å². The van der Waals surface area contributed by atoms with Gasteiger partial charge >= 0.3 is 0 Å². The van der Waals surface area contributed by atoms with Crippen LogP contribution >= 0.6 is 0 Å². The summed E-state index contributed by atoms with van der Waals surface area (Å²) in [6.07, 6.45) is 1.01. The predicted octanol–water partition coefficient (Wildman–Crippen LogP) is 9.42. The fourth-order valence-corrected chi connectivity index (χ4v) is 6.11. The molecule has 0 fully saturated rings. The molecule has 1 heterocycles. The van der Waals surface area contributed by atoms with Crippen LogP contribution in [0.1, 0.15) is 22.3 Å². The van der Waals surface area contributed by atoms with E-state index in [1.165, 1.54) is 55.2 Å². The van der Waals surface area contributed by atoms with Gasteiger partial charge in [0, 0.05) is 27.6 Å². The number of para-hydroxylation sites is 2. The summed E-state index contributed by atoms with van der Waals surface area (Å²) in [5, 5.41) is 2.55. The second kappa shape index (κ2) is 9.16. The number of benzene rings is 6. The summed E-state index contributed by atoms with van der Waals surface area (Å²) in [4.78, 5) is 0. The quantitative estimate of drug-likeness (QED) is 0.205. The Bertz CT molecular complexity index is 2060. The van der Waals surface area contributed by atoms with Crippen LogP contribution in [0.5, 0.6) is 0 Å². The maximum atomic E-state index is 3.35. The highest BCUT2D eigenvalue weighted by molar-refractivity contribution is 6.09. The van der Waals surface area contributed by atoms with E-state index in [2.05, 4.69) is 156 Å². The van der Waals surface area contributed by atoms with Crippen LogP contribution < -0.4 is 0 Å². The highest BCUT2D eigenvalue weighted by Gasteiger charge is 2.18. The number of rotatable bonds is 2. The van der Waals surface area contributed by atoms with Crippen LogP contribution in [0, 0.1) is 11.8 Å². The standard InChI is InChI=1S/C39H25N/c1-2-8-34-31(7-1)26-32-25-30(21-24-35(32)34)29-19-15-27(16-20-29)13-14-28-17-22-33(23-18-28)40-38-11-5-3-9-36(38)37-10-4-6-12-39(37)40/h1-12,15-25H,26H2. The molecule has 0 saturated heterocycles. The fourth-order valence-electron chi connectivity index (χ4n) is 6.11. The lowest BCUT2D eigenvalue weighted by atomic mass is 9.98. The fraction of sp³-hybridized carbons (Fsp3) is 0.0256. The summed E-state index contributed by atoms with van der Waals surface area (Å²) in [5.41, 5.74) is 13.6. The molecule has 8 rings (SSSR count). The number of fused-ring (bicyclic) bond motifs is 6. The van der Waals surface area contributed by atoms with Gasteiger partial charge in [0.25, 0.3) is 0 Å². The molecule has 0 amide bonds. The Morgan fingerprint density at radius 2 is 1.00 bits per heavy atom. The molecular weight excluding hydrogens is 482 g/mol. The lowest BCUT2D eigenvalue weighted by Crippen LogP contribution is -1.93. The summed E-state index contributed by atoms with van der Waals surface area (Å²) in [6.45, 7) is 0. The SMILES string of the molecule is C(#Cc1ccc(-n2c3ccccc3c3ccccc32)cc1)c1ccc(-c2ccc3c(c2)Cc2ccccc2-3)cc1. The minimum atomic E-state index is 1.01. The molecule has 0 atom stereocenters. The zero-order valence-corrected chi connectivity index (χ0v) is 21.9. The third-order valence-corrected chi connectivity index (χ3v) is 8.07. The van der Waals surface area contributed by atoms with Crippen LogP contribution in [-0.2, 0) is 6.42 Å². The van der Waals surface area contributed by atoms with Crippen LogP contribution in [0.2, 0.25) is 0 Å². The molecule has 40 heavy (non-hydrogen) atoms. The summed E-state index contributed by atoms with van der Waals surface area (Å²) in [6, 6.07) is 49.9. The van der Waals surface area contributed by atoms with Gasteiger partial charge in [0.15, 0.2) is 0 Å². The molecule has 0 bridgehead atoms. The summed E-state index contributed by atoms with van der Waals surface area (Å²) in [7, 11) is 0. The Morgan fingerprint density at radius 3 is 1.70 bits per heavy atom. The molecule has 1 aromatic heterocycles. The Kier molecular flexibility index (Phi) is 5.18. The molecule has 1 aliphatic carbocycles. The molecule has 0 saturated carbocycles. The van der Waals surface area contributed by atoms with Gasteiger partial charge in [-0.1, -0.05) is 103 Å². The van der Waals surface area contributed by atoms with Crippen molar-refractivity contribution < 1.29 is 0 Å². The number of aromatic nitrogens is 1. The minimum Gasteiger partial charge on any atom is -0.309 e. The average molecular weight is 508 g/mol. The summed E-state index contributed by atoms with van der Waals surface area (Å²) < 4.78 is 2.33. The van der Waals surface area contributed by atoms with Crippen molar-refractivity contribution in [2.45, 2.75) is 6.42 Å². The van der Waals surface area contributed by atoms with Gasteiger partial charge < -0.3 is 4.57 Å². The van der Waals surface area contributed by atoms with Crippen molar-refractivity contribution in [3.63, 3.8) is 0 Å². The van der Waals surface area contributed by atoms with Crippen molar-refractivity contribution in [3.8, 4) is 39.8 Å². The van der Waals surface area contributed by atoms with Gasteiger partial charge in [0.2, 0.25) is 0 Å². The number of hydrogen-bond acceptors (Lipinski definition) is 0. The molecular formula is C39H25N. The van der Waals surface area contributed by atoms with Crippen LogP contribution in [-0.4, -0.2) is 4.57 Å². The minimum absolute atomic E-state index is 1.01. The van der Waals surface area contributed by atoms with Crippen molar-refractivity contribution in [3.05, 3.63) is 162 Å². The van der Waals surface area contributed by atoms with E-state index in [1.807, 2.05) is 0 Å². The first-order chi connectivity index (χ1) is 19.8. The first-order valence-electron chi connectivity index (χ1n) is 13.7. The first kappa shape index (κ1) is 22.6. The maximum Gasteiger partial charge on any atom is 0.0541 e. The largest absolute Gasteiger partial charge is 0.309 e. The van der Waals surface area contributed by atoms with Gasteiger partial charge in [-0.3, -0.25) is 0 Å². The lowest BCUT2D eigenvalue weighted by molar-refractivity contribution is 1.18. The van der Waals surface area contributed by atoms with Crippen LogP contribution in [0.3, 0.4) is 0 Å². The predicted molar refractivity (Wildman–Crippen MR) is 167 cm³/mol. The Hall–Kier alpha value is -5.32. The van der Waals surface area contributed by atoms with Gasteiger partial charge in [-0.05, 0) is 88.3 Å². The Labute approximate surface area is 234 Å². The van der Waals surface area contributed by atoms with Crippen LogP contribution in [0.4, 0.5) is 0 Å². The van der Waals surface area contributed by atoms with Crippen LogP contribution in [0.15, 0.2) is 140 Å². The van der Waals surface area contributed by atoms with Crippen molar-refractivity contribution in [2.24, 2.45) is 0 Å². The molecule has 1 nitrogen and oxygen atoms in total. The summed E-state index contributed by atoms with van der Waals surface area (Å²) >= 11 is 0. The van der Waals surface area contributed by atoms with Crippen molar-refractivity contribution in [1.82, 2.24) is 4.57 Å². The molecule has 6 aromatic carbocycles. The molecule has 0 spiro atoms. The van der Waals surface area contributed by atoms with Crippen molar-refractivity contribution >= 4 is 21.8 Å². The maximum absolute atomic E-state index is 3.35. The zero-order chi connectivity index (χ0) is 26.5. The van der Waals surface area contributed by atoms with E-state index in [-0.39, 0.29) is 0 Å². The van der Waals surface area contributed by atoms with E-state index in [9.17, 15) is 0 Å². The van der Waals surface area contributed by atoms with Gasteiger partial charge in [-0.2, -0.15) is 0 Å². The Morgan fingerprint density at radius 1 is 0.450 bits per heavy atom. The molecule has 0 radical (unpaired) electrons. The third-order valence-electron chi connectivity index (χ3n) is 8.07. The molecule has 0 aliphatic heterocycles. The second-order valence-corrected chi connectivity index (χ2v) is 10.4.